The number of halogens is 3. The first-order valence-electron chi connectivity index (χ1n) is 5.74. The molecule has 1 rings (SSSR count). The molecule has 0 unspecified atom stereocenters. The minimum atomic E-state index is -4.59. The molecule has 0 spiro atoms. The molecule has 20 heavy (non-hydrogen) atoms. The highest BCUT2D eigenvalue weighted by Gasteiger charge is 2.35. The molecule has 0 fully saturated rings. The molecule has 0 saturated carbocycles. The molecule has 0 saturated heterocycles. The second kappa shape index (κ2) is 6.58. The highest BCUT2D eigenvalue weighted by Crippen LogP contribution is 2.36. The molecule has 1 amide bonds. The molecule has 3 N–H and O–H groups in total. The standard InChI is InChI=1S/C12H16F3N3O2/c1-18(6-7-20-2)11(19)8-4-3-5-9(10(8)17-16)12(13,14)15/h3-5,17H,6-7,16H2,1-2H3. The van der Waals surface area contributed by atoms with Crippen LogP contribution in [0.5, 0.6) is 0 Å². The number of carbonyl (C=O) groups is 1. The third-order valence-corrected chi connectivity index (χ3v) is 2.72. The van der Waals surface area contributed by atoms with E-state index < -0.39 is 23.3 Å². The maximum Gasteiger partial charge on any atom is 0.418 e. The molecule has 5 nitrogen and oxygen atoms in total. The van der Waals surface area contributed by atoms with Crippen LogP contribution in [0.25, 0.3) is 0 Å². The van der Waals surface area contributed by atoms with Gasteiger partial charge in [-0.3, -0.25) is 10.6 Å². The van der Waals surface area contributed by atoms with Crippen molar-refractivity contribution in [2.75, 3.05) is 32.7 Å². The minimum Gasteiger partial charge on any atom is -0.383 e. The fraction of sp³-hybridized carbons (Fsp3) is 0.417. The van der Waals surface area contributed by atoms with Crippen LogP contribution in [0.1, 0.15) is 15.9 Å². The zero-order valence-electron chi connectivity index (χ0n) is 11.1. The molecule has 0 bridgehead atoms. The Bertz CT molecular complexity index is 478. The van der Waals surface area contributed by atoms with Gasteiger partial charge >= 0.3 is 6.18 Å². The summed E-state index contributed by atoms with van der Waals surface area (Å²) >= 11 is 0. The van der Waals surface area contributed by atoms with Crippen LogP contribution in [0.3, 0.4) is 0 Å². The van der Waals surface area contributed by atoms with Gasteiger partial charge in [-0.25, -0.2) is 0 Å². The number of likely N-dealkylation sites (N-methyl/N-ethyl adjacent to an activating group) is 1. The number of amides is 1. The van der Waals surface area contributed by atoms with Crippen LogP contribution >= 0.6 is 0 Å². The van der Waals surface area contributed by atoms with Crippen LogP contribution in [0.4, 0.5) is 18.9 Å². The van der Waals surface area contributed by atoms with E-state index in [2.05, 4.69) is 0 Å². The SMILES string of the molecule is COCCN(C)C(=O)c1cccc(C(F)(F)F)c1NN. The smallest absolute Gasteiger partial charge is 0.383 e. The Labute approximate surface area is 114 Å². The van der Waals surface area contributed by atoms with Gasteiger partial charge < -0.3 is 15.1 Å². The van der Waals surface area contributed by atoms with E-state index in [4.69, 9.17) is 10.6 Å². The number of methoxy groups -OCH3 is 1. The summed E-state index contributed by atoms with van der Waals surface area (Å²) in [5.74, 6) is 4.57. The molecular weight excluding hydrogens is 275 g/mol. The van der Waals surface area contributed by atoms with Gasteiger partial charge in [0.05, 0.1) is 23.4 Å². The van der Waals surface area contributed by atoms with E-state index in [0.717, 1.165) is 6.07 Å². The molecule has 0 aliphatic heterocycles. The molecule has 0 aliphatic rings. The van der Waals surface area contributed by atoms with Crippen molar-refractivity contribution in [3.63, 3.8) is 0 Å². The van der Waals surface area contributed by atoms with Gasteiger partial charge in [-0.05, 0) is 12.1 Å². The Morgan fingerprint density at radius 3 is 2.60 bits per heavy atom. The summed E-state index contributed by atoms with van der Waals surface area (Å²) in [6.45, 7) is 0.544. The Hall–Kier alpha value is -1.80. The predicted molar refractivity (Wildman–Crippen MR) is 68.1 cm³/mol. The fourth-order valence-electron chi connectivity index (χ4n) is 1.66. The molecule has 1 aromatic carbocycles. The average molecular weight is 291 g/mol. The number of para-hydroxylation sites is 1. The molecule has 1 aromatic rings. The molecule has 0 aromatic heterocycles. The topological polar surface area (TPSA) is 67.6 Å². The maximum absolute atomic E-state index is 12.8. The fourth-order valence-corrected chi connectivity index (χ4v) is 1.66. The summed E-state index contributed by atoms with van der Waals surface area (Å²) in [7, 11) is 2.94. The number of nitrogen functional groups attached to an aromatic ring is 1. The van der Waals surface area contributed by atoms with E-state index >= 15 is 0 Å². The van der Waals surface area contributed by atoms with Crippen LogP contribution in [0.2, 0.25) is 0 Å². The lowest BCUT2D eigenvalue weighted by atomic mass is 10.1. The Balaban J connectivity index is 3.15. The molecule has 8 heteroatoms. The number of ether oxygens (including phenoxy) is 1. The molecular formula is C12H16F3N3O2. The zero-order chi connectivity index (χ0) is 15.3. The quantitative estimate of drug-likeness (QED) is 0.640. The third-order valence-electron chi connectivity index (χ3n) is 2.72. The van der Waals surface area contributed by atoms with Gasteiger partial charge in [-0.2, -0.15) is 13.2 Å². The molecule has 0 aliphatic carbocycles. The van der Waals surface area contributed by atoms with Crippen LogP contribution < -0.4 is 11.3 Å². The van der Waals surface area contributed by atoms with Crippen molar-refractivity contribution in [3.05, 3.63) is 29.3 Å². The van der Waals surface area contributed by atoms with Crippen molar-refractivity contribution < 1.29 is 22.7 Å². The van der Waals surface area contributed by atoms with E-state index in [9.17, 15) is 18.0 Å². The van der Waals surface area contributed by atoms with Gasteiger partial charge in [0.2, 0.25) is 0 Å². The number of rotatable bonds is 5. The second-order valence-electron chi connectivity index (χ2n) is 4.09. The minimum absolute atomic E-state index is 0.138. The van der Waals surface area contributed by atoms with Crippen molar-refractivity contribution in [1.82, 2.24) is 4.90 Å². The zero-order valence-corrected chi connectivity index (χ0v) is 11.1. The highest BCUT2D eigenvalue weighted by molar-refractivity contribution is 6.00. The average Bonchev–Trinajstić information content (AvgIpc) is 2.41. The van der Waals surface area contributed by atoms with Crippen molar-refractivity contribution in [3.8, 4) is 0 Å². The Kier molecular flexibility index (Phi) is 5.34. The van der Waals surface area contributed by atoms with Crippen LogP contribution in [-0.4, -0.2) is 38.1 Å². The van der Waals surface area contributed by atoms with Gasteiger partial charge in [0.15, 0.2) is 0 Å². The first-order chi connectivity index (χ1) is 9.32. The normalized spacial score (nSPS) is 11.3. The summed E-state index contributed by atoms with van der Waals surface area (Å²) in [6.07, 6.45) is -4.59. The largest absolute Gasteiger partial charge is 0.418 e. The molecule has 0 radical (unpaired) electrons. The lowest BCUT2D eigenvalue weighted by molar-refractivity contribution is -0.137. The molecule has 0 heterocycles. The monoisotopic (exact) mass is 291 g/mol. The van der Waals surface area contributed by atoms with Crippen LogP contribution in [-0.2, 0) is 10.9 Å². The number of hydrogen-bond acceptors (Lipinski definition) is 4. The molecule has 0 atom stereocenters. The van der Waals surface area contributed by atoms with E-state index in [1.54, 1.807) is 0 Å². The number of carbonyl (C=O) groups excluding carboxylic acids is 1. The van der Waals surface area contributed by atoms with E-state index in [-0.39, 0.29) is 18.7 Å². The number of hydrogen-bond donors (Lipinski definition) is 2. The lowest BCUT2D eigenvalue weighted by Crippen LogP contribution is -2.31. The van der Waals surface area contributed by atoms with E-state index in [1.807, 2.05) is 5.43 Å². The summed E-state index contributed by atoms with van der Waals surface area (Å²) in [4.78, 5) is 13.4. The predicted octanol–water partition coefficient (Wildman–Crippen LogP) is 1.71. The number of benzene rings is 1. The van der Waals surface area contributed by atoms with Gasteiger partial charge in [0, 0.05) is 20.7 Å². The number of alkyl halides is 3. The molecule has 112 valence electrons. The van der Waals surface area contributed by atoms with Gasteiger partial charge in [0.25, 0.3) is 5.91 Å². The van der Waals surface area contributed by atoms with E-state index in [1.165, 1.54) is 31.2 Å². The number of nitrogens with zero attached hydrogens (tertiary/aromatic N) is 1. The number of anilines is 1. The van der Waals surface area contributed by atoms with Crippen molar-refractivity contribution >= 4 is 11.6 Å². The third kappa shape index (κ3) is 3.61. The maximum atomic E-state index is 12.8. The van der Waals surface area contributed by atoms with Crippen molar-refractivity contribution in [2.24, 2.45) is 5.84 Å². The van der Waals surface area contributed by atoms with Gasteiger partial charge in [0.1, 0.15) is 0 Å². The second-order valence-corrected chi connectivity index (χ2v) is 4.09. The lowest BCUT2D eigenvalue weighted by Gasteiger charge is -2.20. The van der Waals surface area contributed by atoms with Gasteiger partial charge in [-0.15, -0.1) is 0 Å². The number of hydrazine groups is 1. The first kappa shape index (κ1) is 16.3. The van der Waals surface area contributed by atoms with Crippen molar-refractivity contribution in [1.29, 1.82) is 0 Å². The summed E-state index contributed by atoms with van der Waals surface area (Å²) in [5, 5.41) is 0. The van der Waals surface area contributed by atoms with Gasteiger partial charge in [-0.1, -0.05) is 6.07 Å². The Morgan fingerprint density at radius 1 is 1.45 bits per heavy atom. The summed E-state index contributed by atoms with van der Waals surface area (Å²) in [6, 6.07) is 3.32. The summed E-state index contributed by atoms with van der Waals surface area (Å²) < 4.78 is 43.3. The summed E-state index contributed by atoms with van der Waals surface area (Å²) in [5.41, 5.74) is 0.409. The van der Waals surface area contributed by atoms with E-state index in [0.29, 0.717) is 0 Å². The number of nitrogens with one attached hydrogen (secondary N) is 1. The number of nitrogens with two attached hydrogens (primary N) is 1. The Morgan fingerprint density at radius 2 is 2.10 bits per heavy atom. The van der Waals surface area contributed by atoms with Crippen LogP contribution in [0.15, 0.2) is 18.2 Å². The van der Waals surface area contributed by atoms with Crippen molar-refractivity contribution in [2.45, 2.75) is 6.18 Å². The van der Waals surface area contributed by atoms with Crippen LogP contribution in [0, 0.1) is 0 Å². The highest BCUT2D eigenvalue weighted by atomic mass is 19.4. The first-order valence-corrected chi connectivity index (χ1v) is 5.74.